The Balaban J connectivity index is 1.88. The fraction of sp³-hybridized carbons (Fsp3) is 0.238. The average Bonchev–Trinajstić information content (AvgIpc) is 3.04. The highest BCUT2D eigenvalue weighted by molar-refractivity contribution is 5.98. The van der Waals surface area contributed by atoms with Gasteiger partial charge in [-0.1, -0.05) is 36.9 Å². The molecule has 1 aliphatic carbocycles. The zero-order valence-electron chi connectivity index (χ0n) is 15.2. The summed E-state index contributed by atoms with van der Waals surface area (Å²) in [6.07, 6.45) is -2.99. The molecule has 28 heavy (non-hydrogen) atoms. The number of hydrogen-bond acceptors (Lipinski definition) is 2. The Morgan fingerprint density at radius 1 is 1.14 bits per heavy atom. The van der Waals surface area contributed by atoms with Gasteiger partial charge in [-0.3, -0.25) is 9.59 Å². The highest BCUT2D eigenvalue weighted by Gasteiger charge is 2.38. The lowest BCUT2D eigenvalue weighted by Crippen LogP contribution is -2.32. The van der Waals surface area contributed by atoms with Crippen molar-refractivity contribution >= 4 is 17.5 Å². The summed E-state index contributed by atoms with van der Waals surface area (Å²) < 4.78 is 39.0. The molecule has 4 nitrogen and oxygen atoms in total. The Morgan fingerprint density at radius 3 is 2.46 bits per heavy atom. The van der Waals surface area contributed by atoms with Crippen LogP contribution in [0.2, 0.25) is 0 Å². The zero-order valence-corrected chi connectivity index (χ0v) is 15.2. The quantitative estimate of drug-likeness (QED) is 0.798. The molecule has 1 N–H and O–H groups in total. The van der Waals surface area contributed by atoms with Crippen LogP contribution in [0.15, 0.2) is 61.2 Å². The number of amides is 2. The van der Waals surface area contributed by atoms with Gasteiger partial charge in [-0.05, 0) is 41.8 Å². The van der Waals surface area contributed by atoms with Crippen molar-refractivity contribution in [2.24, 2.45) is 0 Å². The minimum atomic E-state index is -4.49. The molecule has 2 amide bonds. The smallest absolute Gasteiger partial charge is 0.346 e. The molecule has 0 bridgehead atoms. The van der Waals surface area contributed by atoms with Crippen LogP contribution >= 0.6 is 0 Å². The minimum absolute atomic E-state index is 0.163. The minimum Gasteiger partial charge on any atom is -0.346 e. The van der Waals surface area contributed by atoms with Gasteiger partial charge in [0.25, 0.3) is 0 Å². The summed E-state index contributed by atoms with van der Waals surface area (Å²) in [6, 6.07) is 11.5. The molecular formula is C21H19F3N2O2. The van der Waals surface area contributed by atoms with Crippen LogP contribution in [0.3, 0.4) is 0 Å². The van der Waals surface area contributed by atoms with Crippen molar-refractivity contribution < 1.29 is 22.8 Å². The van der Waals surface area contributed by atoms with E-state index in [2.05, 4.69) is 11.9 Å². The molecule has 7 heteroatoms. The van der Waals surface area contributed by atoms with E-state index in [1.54, 1.807) is 12.1 Å². The van der Waals surface area contributed by atoms with E-state index >= 15 is 0 Å². The van der Waals surface area contributed by atoms with E-state index in [9.17, 15) is 22.8 Å². The van der Waals surface area contributed by atoms with E-state index in [0.717, 1.165) is 29.3 Å². The molecule has 0 aliphatic heterocycles. The lowest BCUT2D eigenvalue weighted by molar-refractivity contribution is -0.137. The molecule has 0 fully saturated rings. The maximum absolute atomic E-state index is 13.1. The van der Waals surface area contributed by atoms with Crippen LogP contribution in [0.25, 0.3) is 0 Å². The third kappa shape index (κ3) is 3.78. The third-order valence-corrected chi connectivity index (χ3v) is 4.91. The van der Waals surface area contributed by atoms with Crippen LogP contribution in [-0.4, -0.2) is 18.9 Å². The second-order valence-electron chi connectivity index (χ2n) is 6.63. The third-order valence-electron chi connectivity index (χ3n) is 4.91. The molecule has 0 spiro atoms. The first-order valence-corrected chi connectivity index (χ1v) is 8.69. The highest BCUT2D eigenvalue weighted by atomic mass is 19.4. The number of alkyl halides is 3. The molecule has 2 unspecified atom stereocenters. The molecule has 0 saturated heterocycles. The summed E-state index contributed by atoms with van der Waals surface area (Å²) in [5.41, 5.74) is 0.942. The first-order chi connectivity index (χ1) is 13.2. The summed E-state index contributed by atoms with van der Waals surface area (Å²) in [7, 11) is 1.45. The Bertz CT molecular complexity index is 924. The molecular weight excluding hydrogens is 369 g/mol. The van der Waals surface area contributed by atoms with E-state index in [1.807, 2.05) is 12.1 Å². The largest absolute Gasteiger partial charge is 0.416 e. The lowest BCUT2D eigenvalue weighted by atomic mass is 9.99. The van der Waals surface area contributed by atoms with Gasteiger partial charge in [0.15, 0.2) is 0 Å². The van der Waals surface area contributed by atoms with Gasteiger partial charge >= 0.3 is 6.18 Å². The van der Waals surface area contributed by atoms with Crippen LogP contribution in [0.5, 0.6) is 0 Å². The molecule has 2 atom stereocenters. The fourth-order valence-corrected chi connectivity index (χ4v) is 3.49. The molecule has 0 radical (unpaired) electrons. The van der Waals surface area contributed by atoms with Crippen molar-refractivity contribution in [3.8, 4) is 0 Å². The molecule has 146 valence electrons. The monoisotopic (exact) mass is 388 g/mol. The number of carbonyl (C=O) groups is 2. The maximum atomic E-state index is 13.1. The summed E-state index contributed by atoms with van der Waals surface area (Å²) in [4.78, 5) is 26.0. The normalized spacial score (nSPS) is 18.3. The number of carbonyl (C=O) groups excluding carboxylic acids is 2. The van der Waals surface area contributed by atoms with Crippen LogP contribution in [0.4, 0.5) is 18.9 Å². The van der Waals surface area contributed by atoms with Crippen LogP contribution < -0.4 is 10.2 Å². The standard InChI is InChI=1S/C21H19F3N2O2/c1-3-19(27)25-18-12-17(15-9-4-5-10-16(15)18)20(28)26(2)14-8-6-7-13(11-14)21(22,23)24/h3-11,17-18H,1,12H2,2H3,(H,25,27). The highest BCUT2D eigenvalue weighted by Crippen LogP contribution is 2.42. The van der Waals surface area contributed by atoms with Gasteiger partial charge in [-0.15, -0.1) is 0 Å². The Kier molecular flexibility index (Phi) is 5.27. The predicted octanol–water partition coefficient (Wildman–Crippen LogP) is 4.20. The molecule has 1 aliphatic rings. The van der Waals surface area contributed by atoms with Gasteiger partial charge in [0.1, 0.15) is 0 Å². The van der Waals surface area contributed by atoms with Gasteiger partial charge in [0.05, 0.1) is 17.5 Å². The molecule has 0 heterocycles. The zero-order chi connectivity index (χ0) is 20.5. The molecule has 0 saturated carbocycles. The van der Waals surface area contributed by atoms with Gasteiger partial charge in [0.2, 0.25) is 11.8 Å². The average molecular weight is 388 g/mol. The van der Waals surface area contributed by atoms with E-state index in [4.69, 9.17) is 0 Å². The number of fused-ring (bicyclic) bond motifs is 1. The maximum Gasteiger partial charge on any atom is 0.416 e. The molecule has 0 aromatic heterocycles. The summed E-state index contributed by atoms with van der Waals surface area (Å²) in [6.45, 7) is 3.43. The van der Waals surface area contributed by atoms with Crippen molar-refractivity contribution in [3.05, 3.63) is 77.9 Å². The summed E-state index contributed by atoms with van der Waals surface area (Å²) >= 11 is 0. The topological polar surface area (TPSA) is 49.4 Å². The van der Waals surface area contributed by atoms with Crippen molar-refractivity contribution in [1.29, 1.82) is 0 Å². The van der Waals surface area contributed by atoms with Gasteiger partial charge in [-0.25, -0.2) is 0 Å². The van der Waals surface area contributed by atoms with E-state index in [1.165, 1.54) is 24.1 Å². The summed E-state index contributed by atoms with van der Waals surface area (Å²) in [5, 5.41) is 2.80. The van der Waals surface area contributed by atoms with Crippen molar-refractivity contribution in [1.82, 2.24) is 5.32 Å². The van der Waals surface area contributed by atoms with Gasteiger partial charge in [-0.2, -0.15) is 13.2 Å². The van der Waals surface area contributed by atoms with E-state index in [0.29, 0.717) is 6.42 Å². The van der Waals surface area contributed by atoms with Crippen molar-refractivity contribution in [2.45, 2.75) is 24.6 Å². The molecule has 2 aromatic carbocycles. The van der Waals surface area contributed by atoms with E-state index < -0.39 is 17.7 Å². The number of nitrogens with zero attached hydrogens (tertiary/aromatic N) is 1. The number of rotatable bonds is 4. The van der Waals surface area contributed by atoms with Crippen LogP contribution in [0.1, 0.15) is 35.1 Å². The van der Waals surface area contributed by atoms with Gasteiger partial charge < -0.3 is 10.2 Å². The number of hydrogen-bond donors (Lipinski definition) is 1. The van der Waals surface area contributed by atoms with Gasteiger partial charge in [0, 0.05) is 12.7 Å². The fourth-order valence-electron chi connectivity index (χ4n) is 3.49. The van der Waals surface area contributed by atoms with Crippen molar-refractivity contribution in [2.75, 3.05) is 11.9 Å². The molecule has 3 rings (SSSR count). The number of likely N-dealkylation sites (N-methyl/N-ethyl adjacent to an activating group) is 1. The van der Waals surface area contributed by atoms with E-state index in [-0.39, 0.29) is 23.5 Å². The number of halogens is 3. The Morgan fingerprint density at radius 2 is 1.82 bits per heavy atom. The summed E-state index contributed by atoms with van der Waals surface area (Å²) in [5.74, 6) is -1.24. The van der Waals surface area contributed by atoms with Crippen molar-refractivity contribution in [3.63, 3.8) is 0 Å². The Labute approximate surface area is 160 Å². The SMILES string of the molecule is C=CC(=O)NC1CC(C(=O)N(C)c2cccc(C(F)(F)F)c2)c2ccccc21. The number of anilines is 1. The number of benzene rings is 2. The first kappa shape index (κ1) is 19.7. The molecule has 2 aromatic rings. The second-order valence-corrected chi connectivity index (χ2v) is 6.63. The lowest BCUT2D eigenvalue weighted by Gasteiger charge is -2.23. The Hall–Kier alpha value is -3.09. The van der Waals surface area contributed by atoms with Crippen LogP contribution in [0, 0.1) is 0 Å². The first-order valence-electron chi connectivity index (χ1n) is 8.69. The number of nitrogens with one attached hydrogen (secondary N) is 1. The van der Waals surface area contributed by atoms with Crippen LogP contribution in [-0.2, 0) is 15.8 Å². The predicted molar refractivity (Wildman–Crippen MR) is 99.7 cm³/mol. The second kappa shape index (κ2) is 7.50.